The van der Waals surface area contributed by atoms with Crippen LogP contribution in [0.5, 0.6) is 0 Å². The Morgan fingerprint density at radius 3 is 2.75 bits per heavy atom. The van der Waals surface area contributed by atoms with Crippen molar-refractivity contribution in [3.63, 3.8) is 0 Å². The molecule has 1 aromatic rings. The Bertz CT molecular complexity index is 571. The minimum Gasteiger partial charge on any atom is -0.381 e. The molecule has 0 aromatic heterocycles. The van der Waals surface area contributed by atoms with Gasteiger partial charge in [0.15, 0.2) is 5.96 Å². The highest BCUT2D eigenvalue weighted by molar-refractivity contribution is 14.0. The van der Waals surface area contributed by atoms with Crippen LogP contribution in [0.15, 0.2) is 33.7 Å². The van der Waals surface area contributed by atoms with Crippen molar-refractivity contribution in [2.24, 2.45) is 10.9 Å². The van der Waals surface area contributed by atoms with E-state index >= 15 is 0 Å². The minimum atomic E-state index is 0. The number of ether oxygens (including phenoxy) is 1. The van der Waals surface area contributed by atoms with Gasteiger partial charge in [0, 0.05) is 49.6 Å². The van der Waals surface area contributed by atoms with Crippen LogP contribution in [0.4, 0.5) is 0 Å². The summed E-state index contributed by atoms with van der Waals surface area (Å²) in [6.45, 7) is 3.72. The van der Waals surface area contributed by atoms with Gasteiger partial charge in [0.05, 0.1) is 6.61 Å². The highest BCUT2D eigenvalue weighted by atomic mass is 127. The molecule has 0 amide bonds. The second-order valence-electron chi connectivity index (χ2n) is 6.77. The van der Waals surface area contributed by atoms with Crippen molar-refractivity contribution in [3.05, 3.63) is 34.3 Å². The number of halogens is 2. The molecule has 1 heterocycles. The average Bonchev–Trinajstić information content (AvgIpc) is 3.16. The van der Waals surface area contributed by atoms with Gasteiger partial charge in [-0.1, -0.05) is 34.1 Å². The van der Waals surface area contributed by atoms with Crippen LogP contribution in [0, 0.1) is 5.92 Å². The molecule has 1 saturated carbocycles. The topological polar surface area (TPSA) is 36.9 Å². The third-order valence-corrected chi connectivity index (χ3v) is 5.70. The Balaban J connectivity index is 0.00000208. The van der Waals surface area contributed by atoms with Crippen LogP contribution in [0.25, 0.3) is 0 Å². The van der Waals surface area contributed by atoms with E-state index in [0.717, 1.165) is 38.7 Å². The molecule has 3 rings (SSSR count). The number of rotatable bonds is 5. The summed E-state index contributed by atoms with van der Waals surface area (Å²) >= 11 is 3.70. The van der Waals surface area contributed by atoms with Crippen molar-refractivity contribution in [1.29, 1.82) is 0 Å². The second-order valence-corrected chi connectivity index (χ2v) is 7.63. The maximum atomic E-state index is 5.47. The van der Waals surface area contributed by atoms with Crippen LogP contribution >= 0.6 is 39.9 Å². The first-order valence-electron chi connectivity index (χ1n) is 8.39. The summed E-state index contributed by atoms with van der Waals surface area (Å²) in [6, 6.07) is 8.58. The molecular formula is C18H27BrIN3O. The fourth-order valence-corrected chi connectivity index (χ4v) is 4.12. The molecule has 4 nitrogen and oxygen atoms in total. The van der Waals surface area contributed by atoms with Gasteiger partial charge < -0.3 is 15.0 Å². The predicted molar refractivity (Wildman–Crippen MR) is 113 cm³/mol. The minimum absolute atomic E-state index is 0. The first-order valence-corrected chi connectivity index (χ1v) is 9.18. The van der Waals surface area contributed by atoms with Gasteiger partial charge in [0.25, 0.3) is 0 Å². The van der Waals surface area contributed by atoms with E-state index in [1.54, 1.807) is 0 Å². The fourth-order valence-electron chi connectivity index (χ4n) is 3.42. The van der Waals surface area contributed by atoms with Crippen LogP contribution < -0.4 is 5.32 Å². The zero-order valence-corrected chi connectivity index (χ0v) is 18.3. The van der Waals surface area contributed by atoms with Gasteiger partial charge in [0.2, 0.25) is 0 Å². The molecule has 1 aromatic carbocycles. The summed E-state index contributed by atoms with van der Waals surface area (Å²) in [7, 11) is 3.98. The standard InChI is InChI=1S/C18H26BrN3O.HI/c1-20-17(22(2)11-14-7-10-23-12-14)21-13-18(8-9-18)15-5-3-4-6-16(15)19;/h3-6,14H,7-13H2,1-2H3,(H,20,21);1H. The van der Waals surface area contributed by atoms with Gasteiger partial charge in [-0.25, -0.2) is 0 Å². The number of aliphatic imine (C=N–C) groups is 1. The molecule has 2 fully saturated rings. The Morgan fingerprint density at radius 2 is 2.17 bits per heavy atom. The van der Waals surface area contributed by atoms with Gasteiger partial charge in [-0.3, -0.25) is 4.99 Å². The lowest BCUT2D eigenvalue weighted by molar-refractivity contribution is 0.181. The smallest absolute Gasteiger partial charge is 0.193 e. The van der Waals surface area contributed by atoms with E-state index in [1.807, 2.05) is 7.05 Å². The SMILES string of the molecule is CN=C(NCC1(c2ccccc2Br)CC1)N(C)CC1CCOC1.I. The normalized spacial score (nSPS) is 22.0. The molecule has 134 valence electrons. The summed E-state index contributed by atoms with van der Waals surface area (Å²) in [4.78, 5) is 6.69. The van der Waals surface area contributed by atoms with Crippen LogP contribution in [0.1, 0.15) is 24.8 Å². The van der Waals surface area contributed by atoms with Crippen molar-refractivity contribution in [2.45, 2.75) is 24.7 Å². The molecule has 1 unspecified atom stereocenters. The maximum absolute atomic E-state index is 5.47. The predicted octanol–water partition coefficient (Wildman–Crippen LogP) is 3.64. The molecule has 6 heteroatoms. The first-order chi connectivity index (χ1) is 11.1. The van der Waals surface area contributed by atoms with Crippen molar-refractivity contribution >= 4 is 45.9 Å². The molecule has 24 heavy (non-hydrogen) atoms. The van der Waals surface area contributed by atoms with Crippen molar-refractivity contribution < 1.29 is 4.74 Å². The first kappa shape index (κ1) is 20.0. The summed E-state index contributed by atoms with van der Waals surface area (Å²) in [5.41, 5.74) is 1.67. The zero-order chi connectivity index (χ0) is 16.3. The molecule has 1 aliphatic heterocycles. The van der Waals surface area contributed by atoms with Crippen molar-refractivity contribution in [2.75, 3.05) is 40.4 Å². The van der Waals surface area contributed by atoms with E-state index in [9.17, 15) is 0 Å². The van der Waals surface area contributed by atoms with Crippen LogP contribution in [-0.2, 0) is 10.2 Å². The highest BCUT2D eigenvalue weighted by Gasteiger charge is 2.45. The summed E-state index contributed by atoms with van der Waals surface area (Å²) < 4.78 is 6.69. The third kappa shape index (κ3) is 4.64. The van der Waals surface area contributed by atoms with Gasteiger partial charge >= 0.3 is 0 Å². The van der Waals surface area contributed by atoms with Crippen molar-refractivity contribution in [1.82, 2.24) is 10.2 Å². The van der Waals surface area contributed by atoms with E-state index in [-0.39, 0.29) is 29.4 Å². The fraction of sp³-hybridized carbons (Fsp3) is 0.611. The Kier molecular flexibility index (Phi) is 7.37. The lowest BCUT2D eigenvalue weighted by Crippen LogP contribution is -2.44. The van der Waals surface area contributed by atoms with Crippen LogP contribution in [0.2, 0.25) is 0 Å². The number of guanidine groups is 1. The Labute approximate surface area is 170 Å². The number of nitrogens with zero attached hydrogens (tertiary/aromatic N) is 2. The molecule has 2 aliphatic rings. The van der Waals surface area contributed by atoms with E-state index in [1.165, 1.54) is 22.9 Å². The average molecular weight is 508 g/mol. The largest absolute Gasteiger partial charge is 0.381 e. The van der Waals surface area contributed by atoms with Crippen LogP contribution in [0.3, 0.4) is 0 Å². The van der Waals surface area contributed by atoms with E-state index in [4.69, 9.17) is 4.74 Å². The quantitative estimate of drug-likeness (QED) is 0.375. The molecule has 0 radical (unpaired) electrons. The lowest BCUT2D eigenvalue weighted by Gasteiger charge is -2.27. The monoisotopic (exact) mass is 507 g/mol. The summed E-state index contributed by atoms with van der Waals surface area (Å²) in [6.07, 6.45) is 3.63. The van der Waals surface area contributed by atoms with Gasteiger partial charge in [-0.05, 0) is 30.9 Å². The number of nitrogens with one attached hydrogen (secondary N) is 1. The molecule has 1 aliphatic carbocycles. The van der Waals surface area contributed by atoms with E-state index < -0.39 is 0 Å². The second kappa shape index (κ2) is 8.85. The Morgan fingerprint density at radius 1 is 1.42 bits per heavy atom. The number of benzene rings is 1. The molecule has 1 saturated heterocycles. The molecule has 0 spiro atoms. The zero-order valence-electron chi connectivity index (χ0n) is 14.4. The molecule has 1 N–H and O–H groups in total. The Hall–Kier alpha value is -0.340. The number of hydrogen-bond acceptors (Lipinski definition) is 2. The van der Waals surface area contributed by atoms with Crippen LogP contribution in [-0.4, -0.2) is 51.3 Å². The third-order valence-electron chi connectivity index (χ3n) is 5.01. The molecule has 1 atom stereocenters. The van der Waals surface area contributed by atoms with Gasteiger partial charge in [0.1, 0.15) is 0 Å². The van der Waals surface area contributed by atoms with E-state index in [0.29, 0.717) is 5.92 Å². The van der Waals surface area contributed by atoms with Crippen molar-refractivity contribution in [3.8, 4) is 0 Å². The van der Waals surface area contributed by atoms with Gasteiger partial charge in [-0.2, -0.15) is 0 Å². The van der Waals surface area contributed by atoms with E-state index in [2.05, 4.69) is 62.5 Å². The maximum Gasteiger partial charge on any atom is 0.193 e. The summed E-state index contributed by atoms with van der Waals surface area (Å²) in [5, 5.41) is 3.59. The number of hydrogen-bond donors (Lipinski definition) is 1. The molecule has 0 bridgehead atoms. The summed E-state index contributed by atoms with van der Waals surface area (Å²) in [5.74, 6) is 1.60. The lowest BCUT2D eigenvalue weighted by atomic mass is 9.96. The molecular weight excluding hydrogens is 481 g/mol. The highest BCUT2D eigenvalue weighted by Crippen LogP contribution is 2.49. The van der Waals surface area contributed by atoms with Gasteiger partial charge in [-0.15, -0.1) is 24.0 Å².